The van der Waals surface area contributed by atoms with Crippen LogP contribution >= 0.6 is 0 Å². The molecule has 0 aliphatic heterocycles. The number of ether oxygens (including phenoxy) is 1. The third-order valence-electron chi connectivity index (χ3n) is 2.23. The minimum atomic E-state index is -0.874. The van der Waals surface area contributed by atoms with Crippen LogP contribution in [-0.4, -0.2) is 37.3 Å². The van der Waals surface area contributed by atoms with Crippen molar-refractivity contribution in [3.63, 3.8) is 0 Å². The number of carbonyl (C=O) groups is 1. The van der Waals surface area contributed by atoms with Crippen LogP contribution in [-0.2, 0) is 4.74 Å². The molecule has 2 aromatic rings. The Morgan fingerprint density at radius 3 is 3.00 bits per heavy atom. The SMILES string of the molecule is CCOC(=O)c1cnc2ncnn2c1C(C)O. The molecule has 0 saturated heterocycles. The summed E-state index contributed by atoms with van der Waals surface area (Å²) in [5.74, 6) is -0.206. The minimum Gasteiger partial charge on any atom is -0.462 e. The highest BCUT2D eigenvalue weighted by atomic mass is 16.5. The molecule has 0 spiro atoms. The predicted molar refractivity (Wildman–Crippen MR) is 57.4 cm³/mol. The fraction of sp³-hybridized carbons (Fsp3) is 0.400. The smallest absolute Gasteiger partial charge is 0.341 e. The Morgan fingerprint density at radius 2 is 2.35 bits per heavy atom. The number of nitrogens with zero attached hydrogens (tertiary/aromatic N) is 4. The van der Waals surface area contributed by atoms with E-state index in [2.05, 4.69) is 15.1 Å². The number of aliphatic hydroxyl groups excluding tert-OH is 1. The average molecular weight is 236 g/mol. The van der Waals surface area contributed by atoms with Crippen LogP contribution in [0.25, 0.3) is 5.78 Å². The van der Waals surface area contributed by atoms with E-state index in [1.807, 2.05) is 0 Å². The van der Waals surface area contributed by atoms with Gasteiger partial charge >= 0.3 is 5.97 Å². The lowest BCUT2D eigenvalue weighted by Crippen LogP contribution is -2.15. The van der Waals surface area contributed by atoms with E-state index in [1.165, 1.54) is 17.0 Å². The van der Waals surface area contributed by atoms with Gasteiger partial charge < -0.3 is 9.84 Å². The second-order valence-electron chi connectivity index (χ2n) is 3.43. The van der Waals surface area contributed by atoms with Gasteiger partial charge in [-0.25, -0.2) is 9.78 Å². The molecule has 0 radical (unpaired) electrons. The molecule has 0 fully saturated rings. The molecule has 0 saturated carbocycles. The van der Waals surface area contributed by atoms with Crippen LogP contribution in [0.1, 0.15) is 36.0 Å². The zero-order valence-corrected chi connectivity index (χ0v) is 9.49. The average Bonchev–Trinajstić information content (AvgIpc) is 2.75. The first-order chi connectivity index (χ1) is 8.15. The van der Waals surface area contributed by atoms with E-state index in [4.69, 9.17) is 4.74 Å². The van der Waals surface area contributed by atoms with E-state index >= 15 is 0 Å². The van der Waals surface area contributed by atoms with Crippen LogP contribution < -0.4 is 0 Å². The number of hydrogen-bond donors (Lipinski definition) is 1. The van der Waals surface area contributed by atoms with Crippen molar-refractivity contribution in [3.05, 3.63) is 23.8 Å². The number of esters is 1. The number of aliphatic hydroxyl groups is 1. The van der Waals surface area contributed by atoms with Crippen LogP contribution in [0.2, 0.25) is 0 Å². The van der Waals surface area contributed by atoms with E-state index in [9.17, 15) is 9.90 Å². The van der Waals surface area contributed by atoms with Crippen molar-refractivity contribution < 1.29 is 14.6 Å². The number of hydrogen-bond acceptors (Lipinski definition) is 6. The monoisotopic (exact) mass is 236 g/mol. The highest BCUT2D eigenvalue weighted by molar-refractivity contribution is 5.90. The molecule has 17 heavy (non-hydrogen) atoms. The van der Waals surface area contributed by atoms with Gasteiger partial charge in [-0.05, 0) is 13.8 Å². The summed E-state index contributed by atoms with van der Waals surface area (Å²) in [5.41, 5.74) is 0.519. The first-order valence-electron chi connectivity index (χ1n) is 5.19. The molecule has 0 amide bonds. The quantitative estimate of drug-likeness (QED) is 0.773. The normalized spacial score (nSPS) is 12.6. The summed E-state index contributed by atoms with van der Waals surface area (Å²) >= 11 is 0. The van der Waals surface area contributed by atoms with Gasteiger partial charge in [0.25, 0.3) is 5.78 Å². The van der Waals surface area contributed by atoms with Gasteiger partial charge in [-0.3, -0.25) is 0 Å². The molecule has 0 aliphatic carbocycles. The summed E-state index contributed by atoms with van der Waals surface area (Å²) in [7, 11) is 0. The Morgan fingerprint density at radius 1 is 1.59 bits per heavy atom. The molecule has 1 N–H and O–H groups in total. The van der Waals surface area contributed by atoms with Gasteiger partial charge in [0.2, 0.25) is 0 Å². The third-order valence-corrected chi connectivity index (χ3v) is 2.23. The Bertz CT molecular complexity index is 549. The minimum absolute atomic E-state index is 0.194. The molecule has 2 aromatic heterocycles. The molecule has 1 unspecified atom stereocenters. The topological polar surface area (TPSA) is 89.6 Å². The highest BCUT2D eigenvalue weighted by Gasteiger charge is 2.20. The van der Waals surface area contributed by atoms with E-state index in [-0.39, 0.29) is 12.2 Å². The van der Waals surface area contributed by atoms with Crippen molar-refractivity contribution in [2.45, 2.75) is 20.0 Å². The molecule has 90 valence electrons. The first-order valence-corrected chi connectivity index (χ1v) is 5.19. The van der Waals surface area contributed by atoms with Crippen molar-refractivity contribution in [2.75, 3.05) is 6.61 Å². The Labute approximate surface area is 97.1 Å². The summed E-state index contributed by atoms with van der Waals surface area (Å²) in [6, 6.07) is 0. The molecule has 1 atom stereocenters. The van der Waals surface area contributed by atoms with Crippen molar-refractivity contribution >= 4 is 11.7 Å². The van der Waals surface area contributed by atoms with E-state index in [0.29, 0.717) is 11.5 Å². The lowest BCUT2D eigenvalue weighted by Gasteiger charge is -2.11. The molecule has 7 heteroatoms. The van der Waals surface area contributed by atoms with Crippen LogP contribution in [0.15, 0.2) is 12.5 Å². The van der Waals surface area contributed by atoms with Crippen LogP contribution in [0.3, 0.4) is 0 Å². The highest BCUT2D eigenvalue weighted by Crippen LogP contribution is 2.18. The third kappa shape index (κ3) is 1.96. The van der Waals surface area contributed by atoms with Crippen molar-refractivity contribution in [1.82, 2.24) is 19.6 Å². The van der Waals surface area contributed by atoms with Crippen molar-refractivity contribution in [3.8, 4) is 0 Å². The van der Waals surface area contributed by atoms with Gasteiger partial charge in [0.05, 0.1) is 18.4 Å². The Kier molecular flexibility index (Phi) is 3.01. The lowest BCUT2D eigenvalue weighted by molar-refractivity contribution is 0.0517. The molecule has 0 aliphatic rings. The fourth-order valence-corrected chi connectivity index (χ4v) is 1.56. The van der Waals surface area contributed by atoms with Crippen LogP contribution in [0.5, 0.6) is 0 Å². The Hall–Kier alpha value is -2.02. The van der Waals surface area contributed by atoms with Crippen LogP contribution in [0, 0.1) is 0 Å². The van der Waals surface area contributed by atoms with Gasteiger partial charge in [0.1, 0.15) is 11.9 Å². The number of aromatic nitrogens is 4. The summed E-state index contributed by atoms with van der Waals surface area (Å²) < 4.78 is 6.22. The van der Waals surface area contributed by atoms with Gasteiger partial charge in [-0.2, -0.15) is 14.6 Å². The molecular weight excluding hydrogens is 224 g/mol. The van der Waals surface area contributed by atoms with Gasteiger partial charge in [-0.1, -0.05) is 0 Å². The zero-order valence-electron chi connectivity index (χ0n) is 9.49. The standard InChI is InChI=1S/C10H12N4O3/c1-3-17-9(16)7-4-11-10-12-5-13-14(10)8(7)6(2)15/h4-6,15H,3H2,1-2H3. The molecule has 7 nitrogen and oxygen atoms in total. The van der Waals surface area contributed by atoms with E-state index < -0.39 is 12.1 Å². The summed E-state index contributed by atoms with van der Waals surface area (Å²) in [5, 5.41) is 13.6. The van der Waals surface area contributed by atoms with Gasteiger partial charge in [0, 0.05) is 6.20 Å². The predicted octanol–water partition coefficient (Wildman–Crippen LogP) is 0.354. The summed E-state index contributed by atoms with van der Waals surface area (Å²) in [4.78, 5) is 19.6. The number of rotatable bonds is 3. The van der Waals surface area contributed by atoms with Crippen molar-refractivity contribution in [2.24, 2.45) is 0 Å². The summed E-state index contributed by atoms with van der Waals surface area (Å²) in [6.45, 7) is 3.51. The van der Waals surface area contributed by atoms with E-state index in [1.54, 1.807) is 13.8 Å². The molecule has 2 heterocycles. The van der Waals surface area contributed by atoms with Gasteiger partial charge in [-0.15, -0.1) is 0 Å². The van der Waals surface area contributed by atoms with Crippen molar-refractivity contribution in [1.29, 1.82) is 0 Å². The fourth-order valence-electron chi connectivity index (χ4n) is 1.56. The second-order valence-corrected chi connectivity index (χ2v) is 3.43. The Balaban J connectivity index is 2.61. The number of fused-ring (bicyclic) bond motifs is 1. The lowest BCUT2D eigenvalue weighted by atomic mass is 10.1. The van der Waals surface area contributed by atoms with Crippen LogP contribution in [0.4, 0.5) is 0 Å². The molecule has 0 bridgehead atoms. The largest absolute Gasteiger partial charge is 0.462 e. The van der Waals surface area contributed by atoms with E-state index in [0.717, 1.165) is 0 Å². The summed E-state index contributed by atoms with van der Waals surface area (Å²) in [6.07, 6.45) is 1.77. The van der Waals surface area contributed by atoms with Gasteiger partial charge in [0.15, 0.2) is 0 Å². The maximum Gasteiger partial charge on any atom is 0.341 e. The molecule has 0 aromatic carbocycles. The second kappa shape index (κ2) is 4.46. The molecular formula is C10H12N4O3. The maximum atomic E-state index is 11.7. The zero-order chi connectivity index (χ0) is 12.4. The molecule has 2 rings (SSSR count). The first kappa shape index (κ1) is 11.5. The maximum absolute atomic E-state index is 11.7. The number of carbonyl (C=O) groups excluding carboxylic acids is 1.